The van der Waals surface area contributed by atoms with Crippen LogP contribution in [0.2, 0.25) is 0 Å². The first-order valence-corrected chi connectivity index (χ1v) is 6.94. The van der Waals surface area contributed by atoms with Crippen LogP contribution in [-0.4, -0.2) is 10.7 Å². The summed E-state index contributed by atoms with van der Waals surface area (Å²) in [6.45, 7) is 3.96. The summed E-state index contributed by atoms with van der Waals surface area (Å²) in [5.74, 6) is 0.248. The zero-order valence-corrected chi connectivity index (χ0v) is 11.7. The minimum absolute atomic E-state index is 0.248. The van der Waals surface area contributed by atoms with Crippen LogP contribution in [-0.2, 0) is 0 Å². The molecule has 2 aromatic rings. The Morgan fingerprint density at radius 1 is 0.895 bits per heavy atom. The van der Waals surface area contributed by atoms with Crippen molar-refractivity contribution in [2.24, 2.45) is 0 Å². The summed E-state index contributed by atoms with van der Waals surface area (Å²) in [6, 6.07) is 20.9. The van der Waals surface area contributed by atoms with Crippen molar-refractivity contribution < 1.29 is 5.11 Å². The van der Waals surface area contributed by atoms with Gasteiger partial charge in [0.1, 0.15) is 0 Å². The van der Waals surface area contributed by atoms with Crippen LogP contribution in [0.1, 0.15) is 43.7 Å². The van der Waals surface area contributed by atoms with E-state index in [1.165, 1.54) is 11.1 Å². The van der Waals surface area contributed by atoms with Crippen LogP contribution in [0.3, 0.4) is 0 Å². The highest BCUT2D eigenvalue weighted by Gasteiger charge is 2.25. The highest BCUT2D eigenvalue weighted by molar-refractivity contribution is 5.32. The molecule has 0 aromatic heterocycles. The Labute approximate surface area is 115 Å². The lowest BCUT2D eigenvalue weighted by Gasteiger charge is -2.28. The van der Waals surface area contributed by atoms with Gasteiger partial charge in [0.05, 0.1) is 5.60 Å². The predicted octanol–water partition coefficient (Wildman–Crippen LogP) is 4.37. The molecule has 0 heterocycles. The molecule has 0 amide bonds. The molecular weight excluding hydrogens is 232 g/mol. The third-order valence-electron chi connectivity index (χ3n) is 3.81. The summed E-state index contributed by atoms with van der Waals surface area (Å²) in [6.07, 6.45) is 1.51. The standard InChI is InChI=1S/C18H22O/c1-3-18(2,19)14-17(15-10-6-4-7-11-15)16-12-8-5-9-13-16/h4-13,17,19H,3,14H2,1-2H3. The Morgan fingerprint density at radius 3 is 1.68 bits per heavy atom. The monoisotopic (exact) mass is 254 g/mol. The summed E-state index contributed by atoms with van der Waals surface area (Å²) in [7, 11) is 0. The van der Waals surface area contributed by atoms with Crippen LogP contribution >= 0.6 is 0 Å². The van der Waals surface area contributed by atoms with Crippen LogP contribution in [0, 0.1) is 0 Å². The maximum atomic E-state index is 10.4. The van der Waals surface area contributed by atoms with Crippen LogP contribution in [0.15, 0.2) is 60.7 Å². The van der Waals surface area contributed by atoms with E-state index < -0.39 is 5.60 Å². The van der Waals surface area contributed by atoms with E-state index >= 15 is 0 Å². The van der Waals surface area contributed by atoms with Crippen molar-refractivity contribution >= 4 is 0 Å². The predicted molar refractivity (Wildman–Crippen MR) is 80.3 cm³/mol. The summed E-state index contributed by atoms with van der Waals surface area (Å²) < 4.78 is 0. The Hall–Kier alpha value is -1.60. The average molecular weight is 254 g/mol. The van der Waals surface area contributed by atoms with E-state index in [4.69, 9.17) is 0 Å². The van der Waals surface area contributed by atoms with E-state index in [2.05, 4.69) is 48.5 Å². The van der Waals surface area contributed by atoms with Gasteiger partial charge in [-0.1, -0.05) is 67.6 Å². The van der Waals surface area contributed by atoms with E-state index in [0.717, 1.165) is 12.8 Å². The maximum absolute atomic E-state index is 10.4. The van der Waals surface area contributed by atoms with Crippen molar-refractivity contribution in [1.82, 2.24) is 0 Å². The quantitative estimate of drug-likeness (QED) is 0.840. The molecule has 0 saturated heterocycles. The molecule has 0 radical (unpaired) electrons. The first-order chi connectivity index (χ1) is 9.12. The molecule has 1 heteroatoms. The molecular formula is C18H22O. The Kier molecular flexibility index (Phi) is 4.39. The topological polar surface area (TPSA) is 20.2 Å². The van der Waals surface area contributed by atoms with Gasteiger partial charge >= 0.3 is 0 Å². The molecule has 1 N–H and O–H groups in total. The molecule has 0 aliphatic rings. The van der Waals surface area contributed by atoms with E-state index in [0.29, 0.717) is 0 Å². The van der Waals surface area contributed by atoms with Gasteiger partial charge in [0.15, 0.2) is 0 Å². The van der Waals surface area contributed by atoms with Crippen LogP contribution in [0.25, 0.3) is 0 Å². The summed E-state index contributed by atoms with van der Waals surface area (Å²) in [4.78, 5) is 0. The van der Waals surface area contributed by atoms with Crippen molar-refractivity contribution in [3.8, 4) is 0 Å². The highest BCUT2D eigenvalue weighted by Crippen LogP contribution is 2.33. The van der Waals surface area contributed by atoms with Crippen molar-refractivity contribution in [3.05, 3.63) is 71.8 Å². The lowest BCUT2D eigenvalue weighted by molar-refractivity contribution is 0.0428. The number of rotatable bonds is 5. The minimum atomic E-state index is -0.629. The second kappa shape index (κ2) is 6.03. The Morgan fingerprint density at radius 2 is 1.32 bits per heavy atom. The smallest absolute Gasteiger partial charge is 0.0626 e. The molecule has 1 unspecified atom stereocenters. The molecule has 0 bridgehead atoms. The summed E-state index contributed by atoms with van der Waals surface area (Å²) >= 11 is 0. The SMILES string of the molecule is CCC(C)(O)CC(c1ccccc1)c1ccccc1. The van der Waals surface area contributed by atoms with E-state index in [-0.39, 0.29) is 5.92 Å². The first-order valence-electron chi connectivity index (χ1n) is 6.94. The number of benzene rings is 2. The normalized spacial score (nSPS) is 14.3. The zero-order chi connectivity index (χ0) is 13.7. The van der Waals surface area contributed by atoms with Gasteiger partial charge in [-0.15, -0.1) is 0 Å². The summed E-state index contributed by atoms with van der Waals surface area (Å²) in [5.41, 5.74) is 1.90. The second-order valence-electron chi connectivity index (χ2n) is 5.43. The molecule has 0 aliphatic carbocycles. The molecule has 19 heavy (non-hydrogen) atoms. The Balaban J connectivity index is 2.35. The molecule has 100 valence electrons. The molecule has 0 aliphatic heterocycles. The lowest BCUT2D eigenvalue weighted by atomic mass is 9.81. The van der Waals surface area contributed by atoms with E-state index in [9.17, 15) is 5.11 Å². The molecule has 2 rings (SSSR count). The summed E-state index contributed by atoms with van der Waals surface area (Å²) in [5, 5.41) is 10.4. The zero-order valence-electron chi connectivity index (χ0n) is 11.7. The fourth-order valence-electron chi connectivity index (χ4n) is 2.38. The first kappa shape index (κ1) is 13.8. The molecule has 0 spiro atoms. The van der Waals surface area contributed by atoms with Gasteiger partial charge in [-0.3, -0.25) is 0 Å². The van der Waals surface area contributed by atoms with Gasteiger partial charge < -0.3 is 5.11 Å². The average Bonchev–Trinajstić information content (AvgIpc) is 2.47. The number of hydrogen-bond donors (Lipinski definition) is 1. The van der Waals surface area contributed by atoms with Crippen LogP contribution < -0.4 is 0 Å². The minimum Gasteiger partial charge on any atom is -0.390 e. The van der Waals surface area contributed by atoms with Gasteiger partial charge in [-0.2, -0.15) is 0 Å². The van der Waals surface area contributed by atoms with E-state index in [1.807, 2.05) is 26.0 Å². The van der Waals surface area contributed by atoms with Crippen LogP contribution in [0.5, 0.6) is 0 Å². The number of hydrogen-bond acceptors (Lipinski definition) is 1. The van der Waals surface area contributed by atoms with Crippen LogP contribution in [0.4, 0.5) is 0 Å². The highest BCUT2D eigenvalue weighted by atomic mass is 16.3. The van der Waals surface area contributed by atoms with Crippen molar-refractivity contribution in [2.45, 2.75) is 38.2 Å². The molecule has 0 fully saturated rings. The van der Waals surface area contributed by atoms with Crippen molar-refractivity contribution in [3.63, 3.8) is 0 Å². The molecule has 0 saturated carbocycles. The second-order valence-corrected chi connectivity index (χ2v) is 5.43. The lowest BCUT2D eigenvalue weighted by Crippen LogP contribution is -2.26. The van der Waals surface area contributed by atoms with E-state index in [1.54, 1.807) is 0 Å². The fraction of sp³-hybridized carbons (Fsp3) is 0.333. The fourth-order valence-corrected chi connectivity index (χ4v) is 2.38. The van der Waals surface area contributed by atoms with Gasteiger partial charge in [-0.05, 0) is 30.9 Å². The molecule has 2 aromatic carbocycles. The van der Waals surface area contributed by atoms with Gasteiger partial charge in [0, 0.05) is 5.92 Å². The number of aliphatic hydroxyl groups is 1. The Bertz CT molecular complexity index is 448. The third kappa shape index (κ3) is 3.68. The van der Waals surface area contributed by atoms with Gasteiger partial charge in [-0.25, -0.2) is 0 Å². The third-order valence-corrected chi connectivity index (χ3v) is 3.81. The van der Waals surface area contributed by atoms with Gasteiger partial charge in [0.2, 0.25) is 0 Å². The molecule has 1 atom stereocenters. The molecule has 1 nitrogen and oxygen atoms in total. The van der Waals surface area contributed by atoms with Crippen molar-refractivity contribution in [2.75, 3.05) is 0 Å². The largest absolute Gasteiger partial charge is 0.390 e. The van der Waals surface area contributed by atoms with Gasteiger partial charge in [0.25, 0.3) is 0 Å². The van der Waals surface area contributed by atoms with Crippen molar-refractivity contribution in [1.29, 1.82) is 0 Å². The maximum Gasteiger partial charge on any atom is 0.0626 e.